The average molecular weight is 69.1 g/mol. The molecule has 0 radical (unpaired) electrons. The number of hydrogen-bond acceptors (Lipinski definition) is 0. The molecule has 0 aromatic rings. The van der Waals surface area contributed by atoms with Gasteiger partial charge in [0, 0.05) is 0 Å². The third-order valence-corrected chi connectivity index (χ3v) is 0.333. The molecule has 0 unspecified atom stereocenters. The van der Waals surface area contributed by atoms with Gasteiger partial charge in [-0.2, -0.15) is 0 Å². The molecule has 0 aliphatic heterocycles. The van der Waals surface area contributed by atoms with Crippen molar-refractivity contribution in [3.8, 4) is 0 Å². The van der Waals surface area contributed by atoms with Crippen molar-refractivity contribution in [2.75, 3.05) is 0 Å². The van der Waals surface area contributed by atoms with Crippen LogP contribution in [0.25, 0.3) is 0 Å². The maximum atomic E-state index is 3.48. The summed E-state index contributed by atoms with van der Waals surface area (Å²) < 4.78 is 0. The lowest BCUT2D eigenvalue weighted by molar-refractivity contribution is 1.42. The molecule has 0 bridgehead atoms. The number of rotatable bonds is 2. The van der Waals surface area contributed by atoms with Gasteiger partial charge in [0.25, 0.3) is 0 Å². The molecule has 0 heteroatoms. The smallest absolute Gasteiger partial charge is 0.0175 e. The van der Waals surface area contributed by atoms with Gasteiger partial charge in [-0.1, -0.05) is 12.2 Å². The molecule has 0 saturated heterocycles. The highest BCUT2D eigenvalue weighted by Crippen LogP contribution is 1.73. The molecule has 5 heavy (non-hydrogen) atoms. The average Bonchev–Trinajstić information content (AvgIpc) is 1.41. The quantitative estimate of drug-likeness (QED) is 0.342. The van der Waals surface area contributed by atoms with Crippen LogP contribution in [-0.4, -0.2) is 0 Å². The molecule has 0 heterocycles. The molecule has 0 fully saturated rings. The second-order valence-corrected chi connectivity index (χ2v) is 0.813. The van der Waals surface area contributed by atoms with Crippen molar-refractivity contribution < 1.29 is 0 Å². The Bertz CT molecular complexity index is 29.3. The third-order valence-electron chi connectivity index (χ3n) is 0.333. The Labute approximate surface area is 32.8 Å². The Morgan fingerprint density at radius 3 is 1.60 bits per heavy atom. The first-order valence-corrected chi connectivity index (χ1v) is 1.63. The van der Waals surface area contributed by atoms with Crippen molar-refractivity contribution in [3.05, 3.63) is 25.3 Å². The Kier molecular flexibility index (Phi) is 3.12. The first-order chi connectivity index (χ1) is 2.41. The molecule has 0 atom stereocenters. The minimum absolute atomic E-state index is 0.917. The highest BCUT2D eigenvalue weighted by Gasteiger charge is 1.52. The zero-order valence-corrected chi connectivity index (χ0v) is 3.28. The predicted octanol–water partition coefficient (Wildman–Crippen LogP) is 1.75. The van der Waals surface area contributed by atoms with Gasteiger partial charge >= 0.3 is 0 Å². The Morgan fingerprint density at radius 2 is 1.60 bits per heavy atom. The van der Waals surface area contributed by atoms with Gasteiger partial charge in [-0.3, -0.25) is 0 Å². The van der Waals surface area contributed by atoms with E-state index >= 15 is 0 Å². The Morgan fingerprint density at radius 1 is 1.20 bits per heavy atom. The van der Waals surface area contributed by atoms with Gasteiger partial charge in [-0.25, -0.2) is 0 Å². The molecule has 0 aliphatic rings. The van der Waals surface area contributed by atoms with Crippen LogP contribution < -0.4 is 0 Å². The fraction of sp³-hybridized carbons (Fsp3) is 0.200. The van der Waals surface area contributed by atoms with Gasteiger partial charge in [0.2, 0.25) is 0 Å². The minimum Gasteiger partial charge on any atom is -0.103 e. The third kappa shape index (κ3) is 3.48. The Hall–Kier alpha value is -0.520. The lowest BCUT2D eigenvalue weighted by Gasteiger charge is -1.64. The van der Waals surface area contributed by atoms with Crippen LogP contribution in [0.3, 0.4) is 0 Å². The van der Waals surface area contributed by atoms with E-state index in [-0.39, 0.29) is 0 Å². The molecular formula is C5H8. The van der Waals surface area contributed by atoms with Crippen molar-refractivity contribution in [1.82, 2.24) is 0 Å². The molecule has 0 aromatic carbocycles. The number of allylic oxidation sites excluding steroid dienone is 2. The number of hydrogen-bond donors (Lipinski definition) is 0. The molecule has 0 amide bonds. The summed E-state index contributed by atoms with van der Waals surface area (Å²) in [6.07, 6.45) is 4.54. The van der Waals surface area contributed by atoms with E-state index in [1.165, 1.54) is 0 Å². The maximum Gasteiger partial charge on any atom is -0.0175 e. The molecule has 0 rings (SSSR count). The van der Waals surface area contributed by atoms with E-state index in [0.717, 1.165) is 6.42 Å². The highest BCUT2D eigenvalue weighted by atomic mass is 14.1. The summed E-state index contributed by atoms with van der Waals surface area (Å²) >= 11 is 0. The fourth-order valence-corrected chi connectivity index (χ4v) is 0.118. The summed E-state index contributed by atoms with van der Waals surface area (Å²) in [6.45, 7) is 6.96. The molecule has 0 aliphatic carbocycles. The summed E-state index contributed by atoms with van der Waals surface area (Å²) in [5.41, 5.74) is 0. The van der Waals surface area contributed by atoms with Gasteiger partial charge in [0.05, 0.1) is 0 Å². The van der Waals surface area contributed by atoms with Crippen LogP contribution in [0, 0.1) is 0 Å². The van der Waals surface area contributed by atoms with Crippen LogP contribution in [-0.2, 0) is 0 Å². The van der Waals surface area contributed by atoms with Gasteiger partial charge in [0.1, 0.15) is 0 Å². The largest absolute Gasteiger partial charge is 0.103 e. The standard InChI is InChI=1S/C5H8/c1-3-5-4-2/h3-4H,1-2,5H2/i5+1. The van der Waals surface area contributed by atoms with Crippen LogP contribution in [0.1, 0.15) is 6.42 Å². The van der Waals surface area contributed by atoms with Crippen molar-refractivity contribution in [1.29, 1.82) is 0 Å². The summed E-state index contributed by atoms with van der Waals surface area (Å²) in [5, 5.41) is 0. The van der Waals surface area contributed by atoms with Gasteiger partial charge in [-0.15, -0.1) is 13.2 Å². The fourth-order valence-electron chi connectivity index (χ4n) is 0.118. The summed E-state index contributed by atoms with van der Waals surface area (Å²) in [7, 11) is 0. The lowest BCUT2D eigenvalue weighted by Crippen LogP contribution is -1.43. The highest BCUT2D eigenvalue weighted by molar-refractivity contribution is 4.79. The van der Waals surface area contributed by atoms with E-state index in [1.807, 2.05) is 12.2 Å². The maximum absolute atomic E-state index is 3.48. The predicted molar refractivity (Wildman–Crippen MR) is 25.0 cm³/mol. The topological polar surface area (TPSA) is 0 Å². The zero-order valence-electron chi connectivity index (χ0n) is 3.28. The molecule has 0 spiro atoms. The first kappa shape index (κ1) is 4.48. The van der Waals surface area contributed by atoms with E-state index in [9.17, 15) is 0 Å². The van der Waals surface area contributed by atoms with Crippen molar-refractivity contribution >= 4 is 0 Å². The second-order valence-electron chi connectivity index (χ2n) is 0.813. The monoisotopic (exact) mass is 69.1 g/mol. The van der Waals surface area contributed by atoms with Crippen LogP contribution in [0.2, 0.25) is 0 Å². The van der Waals surface area contributed by atoms with Crippen LogP contribution >= 0.6 is 0 Å². The molecule has 28 valence electrons. The van der Waals surface area contributed by atoms with E-state index in [1.54, 1.807) is 0 Å². The van der Waals surface area contributed by atoms with E-state index in [0.29, 0.717) is 0 Å². The molecule has 0 N–H and O–H groups in total. The van der Waals surface area contributed by atoms with Crippen LogP contribution in [0.5, 0.6) is 0 Å². The first-order valence-electron chi connectivity index (χ1n) is 1.63. The Balaban J connectivity index is 2.65. The molecule has 0 aromatic heterocycles. The van der Waals surface area contributed by atoms with Crippen molar-refractivity contribution in [2.24, 2.45) is 0 Å². The van der Waals surface area contributed by atoms with Gasteiger partial charge in [0.15, 0.2) is 0 Å². The molecule has 0 saturated carbocycles. The summed E-state index contributed by atoms with van der Waals surface area (Å²) in [6, 6.07) is 0. The van der Waals surface area contributed by atoms with E-state index < -0.39 is 0 Å². The SMILES string of the molecule is C=C[13CH2]C=C. The van der Waals surface area contributed by atoms with Crippen molar-refractivity contribution in [2.45, 2.75) is 6.42 Å². The van der Waals surface area contributed by atoms with E-state index in [2.05, 4.69) is 13.2 Å². The van der Waals surface area contributed by atoms with E-state index in [4.69, 9.17) is 0 Å². The van der Waals surface area contributed by atoms with Gasteiger partial charge < -0.3 is 0 Å². The normalized spacial score (nSPS) is 6.40. The lowest BCUT2D eigenvalue weighted by atomic mass is 10.7. The van der Waals surface area contributed by atoms with Crippen LogP contribution in [0.4, 0.5) is 0 Å². The summed E-state index contributed by atoms with van der Waals surface area (Å²) in [5.74, 6) is 0. The molecular weight excluding hydrogens is 61.0 g/mol. The molecule has 0 nitrogen and oxygen atoms in total. The van der Waals surface area contributed by atoms with Crippen molar-refractivity contribution in [3.63, 3.8) is 0 Å². The van der Waals surface area contributed by atoms with Gasteiger partial charge in [-0.05, 0) is 6.42 Å². The minimum atomic E-state index is 0.917. The second kappa shape index (κ2) is 3.48. The van der Waals surface area contributed by atoms with Crippen LogP contribution in [0.15, 0.2) is 25.3 Å². The summed E-state index contributed by atoms with van der Waals surface area (Å²) in [4.78, 5) is 0. The zero-order chi connectivity index (χ0) is 4.12.